The number of nitrogens with one attached hydrogen (secondary N) is 2. The molecule has 0 spiro atoms. The molecular formula is C42H50BClN8O10. The highest BCUT2D eigenvalue weighted by atomic mass is 35.5. The van der Waals surface area contributed by atoms with Gasteiger partial charge in [-0.05, 0) is 55.7 Å². The third kappa shape index (κ3) is 10.8. The molecule has 2 fully saturated rings. The molecule has 6 aromatic rings. The maximum absolute atomic E-state index is 11.6. The zero-order valence-electron chi connectivity index (χ0n) is 35.7. The van der Waals surface area contributed by atoms with Gasteiger partial charge >= 0.3 is 7.12 Å². The van der Waals surface area contributed by atoms with E-state index in [1.165, 1.54) is 20.3 Å². The fraction of sp³-hybridized carbons (Fsp3) is 0.381. The molecule has 2 aliphatic rings. The number of hydrogen-bond donors (Lipinski definition) is 4. The number of nitrogens with zero attached hydrogens (tertiary/aromatic N) is 6. The minimum atomic E-state index is -1.49. The van der Waals surface area contributed by atoms with Gasteiger partial charge in [0.15, 0.2) is 23.0 Å². The van der Waals surface area contributed by atoms with Crippen molar-refractivity contribution in [3.8, 4) is 46.0 Å². The van der Waals surface area contributed by atoms with Gasteiger partial charge in [0.2, 0.25) is 23.6 Å². The van der Waals surface area contributed by atoms with E-state index in [2.05, 4.69) is 25.8 Å². The van der Waals surface area contributed by atoms with Crippen molar-refractivity contribution < 1.29 is 48.1 Å². The number of aromatic nitrogens is 6. The van der Waals surface area contributed by atoms with Crippen LogP contribution in [-0.4, -0.2) is 112 Å². The summed E-state index contributed by atoms with van der Waals surface area (Å²) in [7, 11) is 8.43. The average Bonchev–Trinajstić information content (AvgIpc) is 4.07. The third-order valence-corrected chi connectivity index (χ3v) is 10.7. The summed E-state index contributed by atoms with van der Waals surface area (Å²) in [4.78, 5) is 31.8. The molecule has 6 heterocycles. The summed E-state index contributed by atoms with van der Waals surface area (Å²) >= 11 is 5.99. The van der Waals surface area contributed by atoms with Crippen molar-refractivity contribution in [1.29, 1.82) is 0 Å². The first kappa shape index (κ1) is 45.2. The molecule has 20 heteroatoms. The van der Waals surface area contributed by atoms with Crippen LogP contribution in [0.15, 0.2) is 60.9 Å². The molecule has 2 saturated heterocycles. The highest BCUT2D eigenvalue weighted by Crippen LogP contribution is 2.35. The monoisotopic (exact) mass is 872 g/mol. The largest absolute Gasteiger partial charge is 0.493 e. The summed E-state index contributed by atoms with van der Waals surface area (Å²) in [6, 6.07) is 14.0. The van der Waals surface area contributed by atoms with Crippen molar-refractivity contribution in [1.82, 2.24) is 40.2 Å². The molecule has 62 heavy (non-hydrogen) atoms. The second-order valence-corrected chi connectivity index (χ2v) is 15.2. The van der Waals surface area contributed by atoms with Gasteiger partial charge in [-0.2, -0.15) is 10.2 Å². The molecule has 4 N–H and O–H groups in total. The molecule has 2 aromatic carbocycles. The highest BCUT2D eigenvalue weighted by molar-refractivity contribution is 6.58. The number of hydrogen-bond acceptors (Lipinski definition) is 14. The number of rotatable bonds is 12. The number of benzene rings is 2. The Morgan fingerprint density at radius 2 is 1.18 bits per heavy atom. The predicted octanol–water partition coefficient (Wildman–Crippen LogP) is 3.46. The molecular weight excluding hydrogens is 823 g/mol. The molecule has 0 radical (unpaired) electrons. The lowest BCUT2D eigenvalue weighted by molar-refractivity contribution is -0.120. The average molecular weight is 873 g/mol. The van der Waals surface area contributed by atoms with Crippen molar-refractivity contribution in [2.24, 2.45) is 25.9 Å². The topological polar surface area (TPSA) is 215 Å². The quantitative estimate of drug-likeness (QED) is 0.102. The minimum Gasteiger partial charge on any atom is -0.493 e. The van der Waals surface area contributed by atoms with Crippen molar-refractivity contribution in [3.05, 3.63) is 66.1 Å². The van der Waals surface area contributed by atoms with E-state index in [1.54, 1.807) is 41.8 Å². The summed E-state index contributed by atoms with van der Waals surface area (Å²) in [5.74, 6) is 3.67. The van der Waals surface area contributed by atoms with Gasteiger partial charge in [-0.1, -0.05) is 17.7 Å². The van der Waals surface area contributed by atoms with E-state index in [0.717, 1.165) is 33.1 Å². The Bertz CT molecular complexity index is 2530. The summed E-state index contributed by atoms with van der Waals surface area (Å²) in [5, 5.41) is 34.2. The molecule has 0 unspecified atom stereocenters. The number of amides is 2. The van der Waals surface area contributed by atoms with Crippen LogP contribution >= 0.6 is 11.6 Å². The Kier molecular flexibility index (Phi) is 14.6. The second-order valence-electron chi connectivity index (χ2n) is 14.8. The maximum atomic E-state index is 11.6. The van der Waals surface area contributed by atoms with Gasteiger partial charge in [-0.15, -0.1) is 0 Å². The summed E-state index contributed by atoms with van der Waals surface area (Å²) in [6.45, 7) is 5.16. The van der Waals surface area contributed by atoms with Crippen LogP contribution in [0, 0.1) is 11.8 Å². The lowest BCUT2D eigenvalue weighted by atomic mass is 9.80. The Labute approximate surface area is 363 Å². The van der Waals surface area contributed by atoms with Crippen LogP contribution in [-0.2, 0) is 23.7 Å². The van der Waals surface area contributed by atoms with Gasteiger partial charge in [0.1, 0.15) is 22.9 Å². The molecule has 0 bridgehead atoms. The van der Waals surface area contributed by atoms with E-state index in [-0.39, 0.29) is 35.9 Å². The second kappa shape index (κ2) is 20.0. The van der Waals surface area contributed by atoms with Crippen molar-refractivity contribution >= 4 is 57.8 Å². The van der Waals surface area contributed by atoms with Gasteiger partial charge in [0, 0.05) is 75.9 Å². The van der Waals surface area contributed by atoms with Crippen molar-refractivity contribution in [2.45, 2.75) is 38.9 Å². The number of fused-ring (bicyclic) bond motifs is 2. The SMILES string of the molecule is COc1ccc(-c2cc3nn(C)cc3c(O[C@H](C)[C@H]3CNC(=O)C3)n2)cc1OC.COc1ccc(B(O)O)cc1OC.C[C@@H](Oc1nc(Cl)cc2nn(C)cc12)[C@H]1CNC(=O)C1. The Balaban J connectivity index is 0.000000168. The van der Waals surface area contributed by atoms with Gasteiger partial charge in [-0.25, -0.2) is 9.97 Å². The van der Waals surface area contributed by atoms with Crippen LogP contribution < -0.4 is 44.5 Å². The normalized spacial score (nSPS) is 16.6. The van der Waals surface area contributed by atoms with E-state index in [9.17, 15) is 9.59 Å². The maximum Gasteiger partial charge on any atom is 0.488 e. The predicted molar refractivity (Wildman–Crippen MR) is 232 cm³/mol. The van der Waals surface area contributed by atoms with Crippen molar-refractivity contribution in [3.63, 3.8) is 0 Å². The fourth-order valence-electron chi connectivity index (χ4n) is 6.99. The summed E-state index contributed by atoms with van der Waals surface area (Å²) in [5.41, 5.74) is 3.49. The number of pyridine rings is 2. The van der Waals surface area contributed by atoms with Crippen LogP contribution in [0.2, 0.25) is 5.15 Å². The molecule has 2 aliphatic heterocycles. The first-order valence-electron chi connectivity index (χ1n) is 19.7. The molecule has 4 aromatic heterocycles. The van der Waals surface area contributed by atoms with Crippen LogP contribution in [0.25, 0.3) is 33.1 Å². The standard InChI is InChI=1S/C21H24N4O4.C13H15ClN4O2.C8H11BO4/c1-12(14-8-20(26)22-10-14)29-21-15-11-25(2)24-17(15)9-16(23-21)13-5-6-18(27-3)19(7-13)28-4;1-7(8-3-12(19)15-5-8)20-13-9-6-18(2)17-10(9)4-11(14)16-13;1-12-7-4-3-6(9(10)11)5-8(7)13-2/h5-7,9,11-12,14H,8,10H2,1-4H3,(H,22,26);4,6-8H,3,5H2,1-2H3,(H,15,19);3-5,10-11H,1-2H3/t12-,14-;7-,8-;/m11./s1. The van der Waals surface area contributed by atoms with Gasteiger partial charge in [0.05, 0.1) is 50.4 Å². The number of aryl methyl sites for hydroxylation is 2. The number of carbonyl (C=O) groups is 2. The lowest BCUT2D eigenvalue weighted by Crippen LogP contribution is -2.29. The lowest BCUT2D eigenvalue weighted by Gasteiger charge is -2.19. The Morgan fingerprint density at radius 3 is 1.66 bits per heavy atom. The summed E-state index contributed by atoms with van der Waals surface area (Å²) < 4.78 is 36.3. The molecule has 328 valence electrons. The zero-order valence-corrected chi connectivity index (χ0v) is 36.5. The smallest absolute Gasteiger partial charge is 0.488 e. The van der Waals surface area contributed by atoms with E-state index >= 15 is 0 Å². The van der Waals surface area contributed by atoms with E-state index in [4.69, 9.17) is 55.1 Å². The first-order chi connectivity index (χ1) is 29.7. The van der Waals surface area contributed by atoms with E-state index in [1.807, 2.05) is 64.6 Å². The molecule has 8 rings (SSSR count). The van der Waals surface area contributed by atoms with Crippen LogP contribution in [0.5, 0.6) is 34.8 Å². The third-order valence-electron chi connectivity index (χ3n) is 10.5. The number of ether oxygens (including phenoxy) is 6. The molecule has 0 aliphatic carbocycles. The van der Waals surface area contributed by atoms with E-state index < -0.39 is 7.12 Å². The molecule has 18 nitrogen and oxygen atoms in total. The highest BCUT2D eigenvalue weighted by Gasteiger charge is 2.30. The fourth-order valence-corrected chi connectivity index (χ4v) is 7.17. The van der Waals surface area contributed by atoms with E-state index in [0.29, 0.717) is 71.3 Å². The molecule has 0 saturated carbocycles. The van der Waals surface area contributed by atoms with Gasteiger partial charge in [0.25, 0.3) is 0 Å². The van der Waals surface area contributed by atoms with Crippen LogP contribution in [0.3, 0.4) is 0 Å². The van der Waals surface area contributed by atoms with Gasteiger partial charge in [-0.3, -0.25) is 19.0 Å². The number of carbonyl (C=O) groups excluding carboxylic acids is 2. The minimum absolute atomic E-state index is 0.0593. The number of halogens is 1. The van der Waals surface area contributed by atoms with Crippen LogP contribution in [0.1, 0.15) is 26.7 Å². The van der Waals surface area contributed by atoms with Gasteiger partial charge < -0.3 is 49.1 Å². The summed E-state index contributed by atoms with van der Waals surface area (Å²) in [6.07, 6.45) is 4.40. The van der Waals surface area contributed by atoms with Crippen LogP contribution in [0.4, 0.5) is 0 Å². The number of methoxy groups -OCH3 is 4. The van der Waals surface area contributed by atoms with Crippen molar-refractivity contribution in [2.75, 3.05) is 41.5 Å². The zero-order chi connectivity index (χ0) is 44.7. The Morgan fingerprint density at radius 1 is 0.694 bits per heavy atom. The molecule has 2 amide bonds. The first-order valence-corrected chi connectivity index (χ1v) is 20.1. The Hall–Kier alpha value is -6.31. The molecule has 4 atom stereocenters.